The number of aliphatic hydroxyl groups is 1. The summed E-state index contributed by atoms with van der Waals surface area (Å²) < 4.78 is 17.6. The molecule has 1 N–H and O–H groups in total. The average Bonchev–Trinajstić information content (AvgIpc) is 2.47. The van der Waals surface area contributed by atoms with E-state index >= 15 is 0 Å². The van der Waals surface area contributed by atoms with E-state index in [0.29, 0.717) is 6.61 Å². The predicted molar refractivity (Wildman–Crippen MR) is 84.9 cm³/mol. The molecular weight excluding hydrogens is 300 g/mol. The molecule has 0 amide bonds. The average molecular weight is 320 g/mol. The van der Waals surface area contributed by atoms with Gasteiger partial charge in [-0.1, -0.05) is 30.3 Å². The number of rotatable bonds is 7. The number of hydrogen-bond donors (Lipinski definition) is 1. The summed E-state index contributed by atoms with van der Waals surface area (Å²) in [6.07, 6.45) is -0.811. The Morgan fingerprint density at radius 1 is 1.18 bits per heavy atom. The maximum absolute atomic E-state index is 12.2. The number of aryl methyl sites for hydroxylation is 2. The van der Waals surface area contributed by atoms with Crippen LogP contribution in [0.1, 0.15) is 17.0 Å². The highest BCUT2D eigenvalue weighted by Gasteiger charge is 2.15. The van der Waals surface area contributed by atoms with Crippen molar-refractivity contribution >= 4 is 10.8 Å². The van der Waals surface area contributed by atoms with Gasteiger partial charge in [0, 0.05) is 11.4 Å². The Morgan fingerprint density at radius 3 is 2.45 bits per heavy atom. The molecule has 0 aliphatic rings. The second-order valence-electron chi connectivity index (χ2n) is 5.10. The summed E-state index contributed by atoms with van der Waals surface area (Å²) in [7, 11) is -1.43. The lowest BCUT2D eigenvalue weighted by atomic mass is 10.2. The van der Waals surface area contributed by atoms with Crippen LogP contribution in [0.3, 0.4) is 0 Å². The van der Waals surface area contributed by atoms with Crippen LogP contribution in [0.5, 0.6) is 0 Å². The molecular formula is C16H20N2O3S. The summed E-state index contributed by atoms with van der Waals surface area (Å²) in [4.78, 5) is 8.30. The second-order valence-corrected chi connectivity index (χ2v) is 6.49. The molecule has 6 heteroatoms. The van der Waals surface area contributed by atoms with Crippen LogP contribution in [0.2, 0.25) is 0 Å². The monoisotopic (exact) mass is 320 g/mol. The van der Waals surface area contributed by atoms with Gasteiger partial charge in [0.15, 0.2) is 0 Å². The topological polar surface area (TPSA) is 72.3 Å². The van der Waals surface area contributed by atoms with Crippen LogP contribution in [0, 0.1) is 13.8 Å². The van der Waals surface area contributed by atoms with Crippen molar-refractivity contribution in [2.24, 2.45) is 0 Å². The molecule has 5 nitrogen and oxygen atoms in total. The fourth-order valence-electron chi connectivity index (χ4n) is 1.98. The number of benzene rings is 1. The molecule has 2 unspecified atom stereocenters. The first-order valence-electron chi connectivity index (χ1n) is 7.05. The lowest BCUT2D eigenvalue weighted by Crippen LogP contribution is -2.23. The molecule has 2 rings (SSSR count). The Balaban J connectivity index is 1.81. The van der Waals surface area contributed by atoms with E-state index < -0.39 is 16.9 Å². The van der Waals surface area contributed by atoms with E-state index in [1.54, 1.807) is 0 Å². The number of ether oxygens (including phenoxy) is 1. The Kier molecular flexibility index (Phi) is 6.18. The minimum absolute atomic E-state index is 0.0671. The Hall–Kier alpha value is -1.63. The number of aromatic nitrogens is 2. The number of aliphatic hydroxyl groups excluding tert-OH is 1. The molecule has 0 aliphatic heterocycles. The number of nitrogens with zero attached hydrogens (tertiary/aromatic N) is 2. The fourth-order valence-corrected chi connectivity index (χ4v) is 3.07. The third-order valence-corrected chi connectivity index (χ3v) is 4.21. The smallest absolute Gasteiger partial charge is 0.219 e. The molecule has 0 bridgehead atoms. The maximum Gasteiger partial charge on any atom is 0.219 e. The van der Waals surface area contributed by atoms with Crippen molar-refractivity contribution < 1.29 is 14.1 Å². The fraction of sp³-hybridized carbons (Fsp3) is 0.375. The van der Waals surface area contributed by atoms with Gasteiger partial charge in [0.2, 0.25) is 5.16 Å². The van der Waals surface area contributed by atoms with Gasteiger partial charge in [-0.15, -0.1) is 0 Å². The third kappa shape index (κ3) is 5.29. The van der Waals surface area contributed by atoms with E-state index in [1.807, 2.05) is 50.2 Å². The second kappa shape index (κ2) is 8.12. The van der Waals surface area contributed by atoms with Crippen LogP contribution in [0.25, 0.3) is 0 Å². The highest BCUT2D eigenvalue weighted by atomic mass is 32.2. The van der Waals surface area contributed by atoms with Crippen molar-refractivity contribution in [2.75, 3.05) is 12.4 Å². The highest BCUT2D eigenvalue weighted by molar-refractivity contribution is 7.84. The van der Waals surface area contributed by atoms with E-state index in [2.05, 4.69) is 9.97 Å². The van der Waals surface area contributed by atoms with Gasteiger partial charge < -0.3 is 9.84 Å². The first kappa shape index (κ1) is 16.7. The summed E-state index contributed by atoms with van der Waals surface area (Å²) in [5.74, 6) is 0.0671. The zero-order valence-electron chi connectivity index (χ0n) is 12.7. The minimum Gasteiger partial charge on any atom is -0.390 e. The summed E-state index contributed by atoms with van der Waals surface area (Å²) in [6, 6.07) is 11.5. The van der Waals surface area contributed by atoms with E-state index in [9.17, 15) is 9.32 Å². The molecule has 2 aromatic rings. The number of hydrogen-bond acceptors (Lipinski definition) is 5. The maximum atomic E-state index is 12.2. The van der Waals surface area contributed by atoms with Crippen molar-refractivity contribution in [3.05, 3.63) is 53.3 Å². The molecule has 0 saturated heterocycles. The van der Waals surface area contributed by atoms with E-state index in [4.69, 9.17) is 4.74 Å². The van der Waals surface area contributed by atoms with Gasteiger partial charge in [-0.3, -0.25) is 4.21 Å². The molecule has 22 heavy (non-hydrogen) atoms. The van der Waals surface area contributed by atoms with Crippen molar-refractivity contribution in [3.63, 3.8) is 0 Å². The first-order chi connectivity index (χ1) is 10.5. The molecule has 118 valence electrons. The summed E-state index contributed by atoms with van der Waals surface area (Å²) >= 11 is 0. The van der Waals surface area contributed by atoms with Gasteiger partial charge in [-0.25, -0.2) is 9.97 Å². The lowest BCUT2D eigenvalue weighted by molar-refractivity contribution is 0.0394. The Bertz CT molecular complexity index is 614. The molecule has 0 saturated carbocycles. The van der Waals surface area contributed by atoms with E-state index in [1.165, 1.54) is 0 Å². The van der Waals surface area contributed by atoms with Crippen LogP contribution in [0.4, 0.5) is 0 Å². The minimum atomic E-state index is -1.43. The van der Waals surface area contributed by atoms with Gasteiger partial charge in [-0.2, -0.15) is 0 Å². The SMILES string of the molecule is Cc1cc(C)nc(S(=O)CC(O)COCc2ccccc2)n1. The molecule has 1 aromatic heterocycles. The van der Waals surface area contributed by atoms with Gasteiger partial charge in [0.05, 0.1) is 35.9 Å². The van der Waals surface area contributed by atoms with Crippen LogP contribution in [-0.2, 0) is 22.1 Å². The largest absolute Gasteiger partial charge is 0.390 e. The van der Waals surface area contributed by atoms with Crippen LogP contribution in [0.15, 0.2) is 41.6 Å². The molecule has 1 aromatic carbocycles. The summed E-state index contributed by atoms with van der Waals surface area (Å²) in [6.45, 7) is 4.21. The van der Waals surface area contributed by atoms with Crippen molar-refractivity contribution in [2.45, 2.75) is 31.7 Å². The highest BCUT2D eigenvalue weighted by Crippen LogP contribution is 2.06. The summed E-state index contributed by atoms with van der Waals surface area (Å²) in [5.41, 5.74) is 2.57. The zero-order chi connectivity index (χ0) is 15.9. The molecule has 2 atom stereocenters. The predicted octanol–water partition coefficient (Wildman–Crippen LogP) is 1.78. The lowest BCUT2D eigenvalue weighted by Gasteiger charge is -2.11. The third-order valence-electron chi connectivity index (χ3n) is 2.93. The van der Waals surface area contributed by atoms with Crippen LogP contribution < -0.4 is 0 Å². The van der Waals surface area contributed by atoms with Crippen LogP contribution in [-0.4, -0.2) is 37.7 Å². The molecule has 1 heterocycles. The van der Waals surface area contributed by atoms with Crippen molar-refractivity contribution in [1.29, 1.82) is 0 Å². The quantitative estimate of drug-likeness (QED) is 0.787. The summed E-state index contributed by atoms with van der Waals surface area (Å²) in [5, 5.41) is 10.2. The van der Waals surface area contributed by atoms with Crippen molar-refractivity contribution in [1.82, 2.24) is 9.97 Å². The zero-order valence-corrected chi connectivity index (χ0v) is 13.5. The Labute approximate surface area is 132 Å². The van der Waals surface area contributed by atoms with Gasteiger partial charge >= 0.3 is 0 Å². The van der Waals surface area contributed by atoms with Gasteiger partial charge in [0.25, 0.3) is 0 Å². The standard InChI is InChI=1S/C16H20N2O3S/c1-12-8-13(2)18-16(17-12)22(20)11-15(19)10-21-9-14-6-4-3-5-7-14/h3-8,15,19H,9-11H2,1-2H3. The van der Waals surface area contributed by atoms with E-state index in [-0.39, 0.29) is 17.5 Å². The van der Waals surface area contributed by atoms with Crippen molar-refractivity contribution in [3.8, 4) is 0 Å². The molecule has 0 spiro atoms. The Morgan fingerprint density at radius 2 is 1.82 bits per heavy atom. The molecule has 0 aliphatic carbocycles. The van der Waals surface area contributed by atoms with Gasteiger partial charge in [0.1, 0.15) is 0 Å². The normalized spacial score (nSPS) is 13.8. The van der Waals surface area contributed by atoms with Gasteiger partial charge in [-0.05, 0) is 25.5 Å². The van der Waals surface area contributed by atoms with E-state index in [0.717, 1.165) is 17.0 Å². The first-order valence-corrected chi connectivity index (χ1v) is 8.37. The van der Waals surface area contributed by atoms with Crippen LogP contribution >= 0.6 is 0 Å². The molecule has 0 radical (unpaired) electrons. The molecule has 0 fully saturated rings.